The minimum absolute atomic E-state index is 0.0214. The molecule has 0 amide bonds. The van der Waals surface area contributed by atoms with Crippen molar-refractivity contribution in [2.45, 2.75) is 3.26 Å². The Morgan fingerprint density at radius 3 is 2.25 bits per heavy atom. The predicted octanol–water partition coefficient (Wildman–Crippen LogP) is -0.405. The van der Waals surface area contributed by atoms with Crippen LogP contribution in [0.1, 0.15) is 0 Å². The van der Waals surface area contributed by atoms with Gasteiger partial charge in [0.1, 0.15) is 0 Å². The van der Waals surface area contributed by atoms with Crippen LogP contribution in [0.3, 0.4) is 0 Å². The Morgan fingerprint density at radius 1 is 1.00 bits per heavy atom. The molecule has 3 rings (SSSR count). The zero-order valence-corrected chi connectivity index (χ0v) is 14.8. The topological polar surface area (TPSA) is 75.7 Å². The van der Waals surface area contributed by atoms with Crippen molar-refractivity contribution in [2.24, 2.45) is 0 Å². The summed E-state index contributed by atoms with van der Waals surface area (Å²) in [5.41, 5.74) is 0. The van der Waals surface area contributed by atoms with Crippen molar-refractivity contribution in [1.29, 1.82) is 0 Å². The Kier molecular flexibility index (Phi) is 4.16. The number of halogens is 4. The third kappa shape index (κ3) is 2.52. The van der Waals surface area contributed by atoms with Crippen LogP contribution in [0.25, 0.3) is 0 Å². The number of hydrogen-bond donors (Lipinski definition) is 0. The molecule has 1 aliphatic heterocycles. The molecule has 1 atom stereocenters. The van der Waals surface area contributed by atoms with E-state index in [0.717, 1.165) is 24.3 Å². The van der Waals surface area contributed by atoms with Crippen molar-refractivity contribution in [3.05, 3.63) is 55.7 Å². The van der Waals surface area contributed by atoms with Crippen molar-refractivity contribution >= 4 is 10.1 Å². The van der Waals surface area contributed by atoms with Gasteiger partial charge in [-0.25, -0.2) is 0 Å². The summed E-state index contributed by atoms with van der Waals surface area (Å²) in [6.07, 6.45) is 0. The Morgan fingerprint density at radius 2 is 1.62 bits per heavy atom. The number of ether oxygens (including phenoxy) is 2. The maximum atomic E-state index is 15.8. The molecule has 24 heavy (non-hydrogen) atoms. The van der Waals surface area contributed by atoms with Gasteiger partial charge in [0.25, 0.3) is 0 Å². The van der Waals surface area contributed by atoms with Gasteiger partial charge in [-0.05, 0) is 0 Å². The summed E-state index contributed by atoms with van der Waals surface area (Å²) in [6, 6.07) is 9.38. The normalized spacial score (nSPS) is 18.0. The van der Waals surface area contributed by atoms with Gasteiger partial charge in [0.15, 0.2) is 0 Å². The monoisotopic (exact) mass is 474 g/mol. The van der Waals surface area contributed by atoms with Crippen LogP contribution < -0.4 is 28.5 Å². The van der Waals surface area contributed by atoms with Gasteiger partial charge in [-0.1, -0.05) is 0 Å². The Labute approximate surface area is 140 Å². The summed E-state index contributed by atoms with van der Waals surface area (Å²) in [6.45, 7) is -0.161. The molecule has 0 fully saturated rings. The SMILES string of the molecule is O=S(=O)([O-])C(F)(F)[I-](F)(c1ccccc1)c1ccc2c(c1)OCO2. The van der Waals surface area contributed by atoms with E-state index in [1.54, 1.807) is 0 Å². The summed E-state index contributed by atoms with van der Waals surface area (Å²) in [5, 5.41) is 0. The molecule has 0 saturated carbocycles. The van der Waals surface area contributed by atoms with Gasteiger partial charge in [-0.15, -0.1) is 0 Å². The van der Waals surface area contributed by atoms with Gasteiger partial charge < -0.3 is 0 Å². The molecule has 2 aromatic rings. The zero-order valence-electron chi connectivity index (χ0n) is 11.8. The van der Waals surface area contributed by atoms with E-state index in [1.165, 1.54) is 24.3 Å². The van der Waals surface area contributed by atoms with Crippen LogP contribution in [0.5, 0.6) is 11.5 Å². The average molecular weight is 474 g/mol. The molecule has 0 aliphatic carbocycles. The molecule has 0 spiro atoms. The molecular formula is C14H10F3IO5S-2. The third-order valence-corrected chi connectivity index (χ3v) is 13.4. The Balaban J connectivity index is 2.28. The molecule has 1 heterocycles. The van der Waals surface area contributed by atoms with E-state index in [-0.39, 0.29) is 18.3 Å². The van der Waals surface area contributed by atoms with Crippen molar-refractivity contribution in [3.8, 4) is 11.5 Å². The van der Waals surface area contributed by atoms with E-state index in [0.29, 0.717) is 0 Å². The second-order valence-electron chi connectivity index (χ2n) is 4.69. The molecule has 2 aromatic carbocycles. The first-order chi connectivity index (χ1) is 11.2. The molecule has 5 nitrogen and oxygen atoms in total. The standard InChI is InChI=1S/C14H11F3IO5S/c15-14(16,24(19,20)21)18(17,10-4-2-1-3-5-10)11-6-7-12-13(8-11)23-9-22-12/h1-8H,9H2,(H,19,20,21)/q-1/p-1. The molecule has 132 valence electrons. The van der Waals surface area contributed by atoms with Crippen LogP contribution >= 0.6 is 0 Å². The Hall–Kier alpha value is -1.53. The summed E-state index contributed by atoms with van der Waals surface area (Å²) < 4.78 is 82.0. The minimum atomic E-state index is -6.33. The van der Waals surface area contributed by atoms with Crippen molar-refractivity contribution in [3.63, 3.8) is 0 Å². The fraction of sp³-hybridized carbons (Fsp3) is 0.143. The fourth-order valence-electron chi connectivity index (χ4n) is 2.13. The van der Waals surface area contributed by atoms with Crippen molar-refractivity contribution < 1.29 is 53.1 Å². The molecule has 10 heteroatoms. The van der Waals surface area contributed by atoms with Crippen LogP contribution in [-0.4, -0.2) is 23.0 Å². The average Bonchev–Trinajstić information content (AvgIpc) is 3.01. The number of fused-ring (bicyclic) bond motifs is 1. The van der Waals surface area contributed by atoms with Gasteiger partial charge in [0, 0.05) is 0 Å². The fourth-order valence-corrected chi connectivity index (χ4v) is 10.8. The van der Waals surface area contributed by atoms with E-state index in [9.17, 15) is 21.8 Å². The van der Waals surface area contributed by atoms with Crippen molar-refractivity contribution in [1.82, 2.24) is 0 Å². The summed E-state index contributed by atoms with van der Waals surface area (Å²) in [4.78, 5) is 0. The summed E-state index contributed by atoms with van der Waals surface area (Å²) in [5.74, 6) is 0.247. The van der Waals surface area contributed by atoms with Crippen LogP contribution in [0, 0.1) is 7.14 Å². The first kappa shape index (κ1) is 17.3. The number of alkyl halides is 3. The van der Waals surface area contributed by atoms with Crippen LogP contribution in [0.15, 0.2) is 48.5 Å². The maximum absolute atomic E-state index is 15.8. The van der Waals surface area contributed by atoms with Crippen LogP contribution in [0.4, 0.5) is 11.6 Å². The van der Waals surface area contributed by atoms with E-state index in [1.807, 2.05) is 0 Å². The molecule has 0 bridgehead atoms. The van der Waals surface area contributed by atoms with E-state index in [2.05, 4.69) is 0 Å². The molecule has 0 saturated heterocycles. The third-order valence-electron chi connectivity index (χ3n) is 3.26. The van der Waals surface area contributed by atoms with Crippen LogP contribution in [0.2, 0.25) is 0 Å². The van der Waals surface area contributed by atoms with Gasteiger partial charge >= 0.3 is 140 Å². The molecule has 0 aromatic heterocycles. The van der Waals surface area contributed by atoms with E-state index >= 15 is 2.86 Å². The second-order valence-corrected chi connectivity index (χ2v) is 13.5. The molecule has 0 N–H and O–H groups in total. The molecular weight excluding hydrogens is 464 g/mol. The second kappa shape index (κ2) is 5.77. The number of benzene rings is 2. The van der Waals surface area contributed by atoms with Crippen molar-refractivity contribution in [2.75, 3.05) is 6.79 Å². The van der Waals surface area contributed by atoms with E-state index in [4.69, 9.17) is 9.47 Å². The summed E-state index contributed by atoms with van der Waals surface area (Å²) in [7, 11) is -6.22. The van der Waals surface area contributed by atoms with Gasteiger partial charge in [0.2, 0.25) is 0 Å². The number of hydrogen-bond acceptors (Lipinski definition) is 5. The first-order valence-electron chi connectivity index (χ1n) is 6.43. The summed E-state index contributed by atoms with van der Waals surface area (Å²) >= 11 is -6.33. The predicted molar refractivity (Wildman–Crippen MR) is 72.2 cm³/mol. The number of rotatable bonds is 4. The molecule has 1 unspecified atom stereocenters. The van der Waals surface area contributed by atoms with Crippen LogP contribution in [-0.2, 0) is 10.1 Å². The molecule has 1 aliphatic rings. The van der Waals surface area contributed by atoms with Gasteiger partial charge in [0.05, 0.1) is 0 Å². The van der Waals surface area contributed by atoms with Gasteiger partial charge in [-0.3, -0.25) is 0 Å². The van der Waals surface area contributed by atoms with Gasteiger partial charge in [-0.2, -0.15) is 0 Å². The quantitative estimate of drug-likeness (QED) is 0.343. The first-order valence-corrected chi connectivity index (χ1v) is 11.9. The molecule has 0 radical (unpaired) electrons. The Bertz CT molecular complexity index is 875. The van der Waals surface area contributed by atoms with E-state index < -0.39 is 39.5 Å². The zero-order chi connectivity index (χ0) is 17.6.